The third-order valence-corrected chi connectivity index (χ3v) is 5.74. The van der Waals surface area contributed by atoms with Gasteiger partial charge in [-0.3, -0.25) is 14.6 Å². The van der Waals surface area contributed by atoms with Crippen molar-refractivity contribution in [2.24, 2.45) is 12.0 Å². The average molecular weight is 478 g/mol. The molecule has 3 rings (SSSR count). The van der Waals surface area contributed by atoms with Crippen LogP contribution >= 0.6 is 35.7 Å². The minimum Gasteiger partial charge on any atom is -0.357 e. The van der Waals surface area contributed by atoms with Gasteiger partial charge in [0.05, 0.1) is 12.7 Å². The molecule has 1 atom stereocenters. The summed E-state index contributed by atoms with van der Waals surface area (Å²) in [7, 11) is 1.99. The minimum absolute atomic E-state index is 0. The van der Waals surface area contributed by atoms with E-state index in [1.807, 2.05) is 17.9 Å². The zero-order valence-corrected chi connectivity index (χ0v) is 18.5. The summed E-state index contributed by atoms with van der Waals surface area (Å²) >= 11 is 2.06. The van der Waals surface area contributed by atoms with Crippen molar-refractivity contribution in [2.75, 3.05) is 57.3 Å². The van der Waals surface area contributed by atoms with Crippen LogP contribution in [-0.2, 0) is 7.05 Å². The highest BCUT2D eigenvalue weighted by Gasteiger charge is 2.26. The molecule has 2 aliphatic rings. The number of aryl methyl sites for hydroxylation is 1. The minimum atomic E-state index is 0. The van der Waals surface area contributed by atoms with Crippen LogP contribution in [0.25, 0.3) is 0 Å². The topological polar surface area (TPSA) is 48.7 Å². The van der Waals surface area contributed by atoms with Crippen LogP contribution in [0, 0.1) is 0 Å². The summed E-state index contributed by atoms with van der Waals surface area (Å²) in [6.45, 7) is 9.58. The highest BCUT2D eigenvalue weighted by atomic mass is 127. The summed E-state index contributed by atoms with van der Waals surface area (Å²) in [6, 6.07) is 0. The van der Waals surface area contributed by atoms with Crippen molar-refractivity contribution < 1.29 is 0 Å². The van der Waals surface area contributed by atoms with Crippen molar-refractivity contribution in [1.29, 1.82) is 0 Å². The van der Waals surface area contributed by atoms with Gasteiger partial charge < -0.3 is 10.2 Å². The third-order valence-electron chi connectivity index (χ3n) is 4.80. The molecule has 1 unspecified atom stereocenters. The van der Waals surface area contributed by atoms with Crippen molar-refractivity contribution in [3.63, 3.8) is 0 Å². The third kappa shape index (κ3) is 6.02. The summed E-state index contributed by atoms with van der Waals surface area (Å²) in [6.07, 6.45) is 5.33. The lowest BCUT2D eigenvalue weighted by Crippen LogP contribution is -2.41. The molecule has 1 aromatic heterocycles. The van der Waals surface area contributed by atoms with Crippen LogP contribution in [-0.4, -0.2) is 82.9 Å². The SMILES string of the molecule is CCNC(=NCCN1CCSCC1)N1CCC(c2cnn(C)c2)C1.I. The Morgan fingerprint density at radius 2 is 2.16 bits per heavy atom. The Labute approximate surface area is 172 Å². The number of hydrogen-bond donors (Lipinski definition) is 1. The largest absolute Gasteiger partial charge is 0.357 e. The highest BCUT2D eigenvalue weighted by Crippen LogP contribution is 2.26. The molecule has 0 amide bonds. The number of nitrogens with zero attached hydrogens (tertiary/aromatic N) is 5. The van der Waals surface area contributed by atoms with Crippen molar-refractivity contribution in [2.45, 2.75) is 19.3 Å². The number of halogens is 1. The summed E-state index contributed by atoms with van der Waals surface area (Å²) in [4.78, 5) is 9.83. The van der Waals surface area contributed by atoms with E-state index in [1.54, 1.807) is 0 Å². The fourth-order valence-electron chi connectivity index (χ4n) is 3.42. The number of likely N-dealkylation sites (tertiary alicyclic amines) is 1. The van der Waals surface area contributed by atoms with Crippen LogP contribution in [0.15, 0.2) is 17.4 Å². The molecule has 25 heavy (non-hydrogen) atoms. The number of nitrogens with one attached hydrogen (secondary N) is 1. The quantitative estimate of drug-likeness (QED) is 0.398. The number of rotatable bonds is 5. The molecular weight excluding hydrogens is 447 g/mol. The summed E-state index contributed by atoms with van der Waals surface area (Å²) in [5, 5.41) is 7.79. The van der Waals surface area contributed by atoms with E-state index in [2.05, 4.69) is 45.1 Å². The van der Waals surface area contributed by atoms with Gasteiger partial charge in [-0.1, -0.05) is 0 Å². The van der Waals surface area contributed by atoms with Gasteiger partial charge >= 0.3 is 0 Å². The van der Waals surface area contributed by atoms with Crippen LogP contribution in [0.3, 0.4) is 0 Å². The van der Waals surface area contributed by atoms with E-state index < -0.39 is 0 Å². The maximum atomic E-state index is 4.89. The van der Waals surface area contributed by atoms with E-state index in [-0.39, 0.29) is 24.0 Å². The summed E-state index contributed by atoms with van der Waals surface area (Å²) in [5.74, 6) is 4.18. The van der Waals surface area contributed by atoms with Gasteiger partial charge in [-0.25, -0.2) is 0 Å². The molecule has 0 spiro atoms. The second kappa shape index (κ2) is 10.6. The van der Waals surface area contributed by atoms with Gasteiger partial charge in [-0.05, 0) is 18.9 Å². The summed E-state index contributed by atoms with van der Waals surface area (Å²) in [5.41, 5.74) is 1.35. The number of aliphatic imine (C=N–C) groups is 1. The standard InChI is InChI=1S/C17H30N6S.HI/c1-3-18-17(19-5-7-22-8-10-24-11-9-22)23-6-4-15(14-23)16-12-20-21(2)13-16;/h12-13,15H,3-11,14H2,1-2H3,(H,18,19);1H. The van der Waals surface area contributed by atoms with Crippen LogP contribution in [0.2, 0.25) is 0 Å². The van der Waals surface area contributed by atoms with Crippen molar-refractivity contribution in [3.05, 3.63) is 18.0 Å². The zero-order valence-electron chi connectivity index (χ0n) is 15.4. The van der Waals surface area contributed by atoms with Crippen LogP contribution in [0.4, 0.5) is 0 Å². The van der Waals surface area contributed by atoms with Gasteiger partial charge in [0.15, 0.2) is 5.96 Å². The van der Waals surface area contributed by atoms with Crippen LogP contribution in [0.5, 0.6) is 0 Å². The predicted molar refractivity (Wildman–Crippen MR) is 117 cm³/mol. The van der Waals surface area contributed by atoms with E-state index in [0.717, 1.165) is 38.7 Å². The molecule has 1 N–H and O–H groups in total. The first-order valence-electron chi connectivity index (χ1n) is 9.08. The first-order chi connectivity index (χ1) is 11.8. The highest BCUT2D eigenvalue weighted by molar-refractivity contribution is 14.0. The van der Waals surface area contributed by atoms with Gasteiger partial charge in [0.2, 0.25) is 0 Å². The van der Waals surface area contributed by atoms with E-state index in [4.69, 9.17) is 4.99 Å². The van der Waals surface area contributed by atoms with Gasteiger partial charge in [0, 0.05) is 69.9 Å². The molecule has 2 saturated heterocycles. The zero-order chi connectivity index (χ0) is 16.8. The Balaban J connectivity index is 0.00000225. The number of aromatic nitrogens is 2. The monoisotopic (exact) mass is 478 g/mol. The molecule has 0 aromatic carbocycles. The van der Waals surface area contributed by atoms with Gasteiger partial charge in [0.1, 0.15) is 0 Å². The average Bonchev–Trinajstić information content (AvgIpc) is 3.24. The molecule has 1 aromatic rings. The smallest absolute Gasteiger partial charge is 0.193 e. The molecule has 142 valence electrons. The lowest BCUT2D eigenvalue weighted by atomic mass is 10.0. The van der Waals surface area contributed by atoms with E-state index in [9.17, 15) is 0 Å². The summed E-state index contributed by atoms with van der Waals surface area (Å²) < 4.78 is 1.90. The second-order valence-electron chi connectivity index (χ2n) is 6.57. The lowest BCUT2D eigenvalue weighted by molar-refractivity contribution is 0.311. The number of guanidine groups is 1. The number of hydrogen-bond acceptors (Lipinski definition) is 4. The second-order valence-corrected chi connectivity index (χ2v) is 7.79. The first kappa shape index (κ1) is 20.8. The molecule has 0 saturated carbocycles. The molecule has 3 heterocycles. The Morgan fingerprint density at radius 3 is 2.84 bits per heavy atom. The molecular formula is C17H31IN6S. The van der Waals surface area contributed by atoms with Crippen LogP contribution < -0.4 is 5.32 Å². The maximum Gasteiger partial charge on any atom is 0.193 e. The normalized spacial score (nSPS) is 22.1. The predicted octanol–water partition coefficient (Wildman–Crippen LogP) is 1.84. The van der Waals surface area contributed by atoms with E-state index in [0.29, 0.717) is 5.92 Å². The maximum absolute atomic E-state index is 4.89. The lowest BCUT2D eigenvalue weighted by Gasteiger charge is -2.26. The van der Waals surface area contributed by atoms with Gasteiger partial charge in [0.25, 0.3) is 0 Å². The first-order valence-corrected chi connectivity index (χ1v) is 10.2. The van der Waals surface area contributed by atoms with Crippen molar-refractivity contribution in [3.8, 4) is 0 Å². The Hall–Kier alpha value is -0.480. The Morgan fingerprint density at radius 1 is 1.36 bits per heavy atom. The van der Waals surface area contributed by atoms with E-state index >= 15 is 0 Å². The van der Waals surface area contributed by atoms with Crippen molar-refractivity contribution >= 4 is 41.7 Å². The van der Waals surface area contributed by atoms with Crippen molar-refractivity contribution in [1.82, 2.24) is 24.9 Å². The Bertz CT molecular complexity index is 543. The van der Waals surface area contributed by atoms with Gasteiger partial charge in [-0.15, -0.1) is 24.0 Å². The molecule has 2 aliphatic heterocycles. The Kier molecular flexibility index (Phi) is 8.84. The molecule has 2 fully saturated rings. The molecule has 0 radical (unpaired) electrons. The van der Waals surface area contributed by atoms with E-state index in [1.165, 1.54) is 36.6 Å². The number of thioether (sulfide) groups is 1. The fraction of sp³-hybridized carbons (Fsp3) is 0.765. The van der Waals surface area contributed by atoms with Gasteiger partial charge in [-0.2, -0.15) is 16.9 Å². The fourth-order valence-corrected chi connectivity index (χ4v) is 4.40. The molecule has 6 nitrogen and oxygen atoms in total. The van der Waals surface area contributed by atoms with Crippen LogP contribution in [0.1, 0.15) is 24.8 Å². The molecule has 0 aliphatic carbocycles. The molecule has 0 bridgehead atoms. The molecule has 8 heteroatoms.